The van der Waals surface area contributed by atoms with Crippen molar-refractivity contribution >= 4 is 11.0 Å². The summed E-state index contributed by atoms with van der Waals surface area (Å²) in [4.78, 5) is 13.7. The van der Waals surface area contributed by atoms with Crippen LogP contribution in [0.5, 0.6) is 28.7 Å². The Labute approximate surface area is 249 Å². The van der Waals surface area contributed by atoms with Gasteiger partial charge in [0.05, 0.1) is 33.0 Å². The van der Waals surface area contributed by atoms with Gasteiger partial charge in [-0.2, -0.15) is 0 Å². The lowest BCUT2D eigenvalue weighted by molar-refractivity contribution is -0.310. The Kier molecular flexibility index (Phi) is 9.20. The van der Waals surface area contributed by atoms with Crippen molar-refractivity contribution in [2.75, 3.05) is 20.8 Å². The van der Waals surface area contributed by atoms with Gasteiger partial charge in [0.2, 0.25) is 17.5 Å². The second-order valence-corrected chi connectivity index (χ2v) is 10.5. The number of ether oxygens (including phenoxy) is 6. The Morgan fingerprint density at radius 2 is 1.59 bits per heavy atom. The summed E-state index contributed by atoms with van der Waals surface area (Å²) in [6.07, 6.45) is -12.4. The average molecular weight is 623 g/mol. The van der Waals surface area contributed by atoms with Crippen molar-refractivity contribution in [1.29, 1.82) is 0 Å². The lowest BCUT2D eigenvalue weighted by atomic mass is 10.00. The molecular weight excluding hydrogens is 588 g/mol. The second kappa shape index (κ2) is 12.7. The molecule has 0 saturated carbocycles. The van der Waals surface area contributed by atoms with E-state index < -0.39 is 78.8 Å². The van der Waals surface area contributed by atoms with E-state index in [4.69, 9.17) is 32.8 Å². The zero-order valence-corrected chi connectivity index (χ0v) is 23.9. The third-order valence-corrected chi connectivity index (χ3v) is 7.57. The van der Waals surface area contributed by atoms with Crippen LogP contribution in [0.15, 0.2) is 39.5 Å². The standard InChI is InChI=1S/C29H34O15/c1-11-22(34)24(36)25(37)29(41-11)40-10-20-14(31)9-16(33)28(43-20)44-27-23(35)21-15(32)7-13(30)8-19(21)42-26(27)12-4-5-17(38-2)18(6-12)39-3/h4-8,11,14,16,20,22,24-25,28-34,36-37H,9-10H2,1-3H3/t11-,14-,16+,20+,22-,24+,25+,28-,29+/m0/s1. The molecule has 15 nitrogen and oxygen atoms in total. The zero-order valence-electron chi connectivity index (χ0n) is 23.9. The Morgan fingerprint density at radius 1 is 0.864 bits per heavy atom. The number of phenols is 2. The molecule has 2 aromatic carbocycles. The highest BCUT2D eigenvalue weighted by atomic mass is 16.7. The first kappa shape index (κ1) is 31.7. The van der Waals surface area contributed by atoms with Crippen molar-refractivity contribution in [3.8, 4) is 40.1 Å². The summed E-state index contributed by atoms with van der Waals surface area (Å²) in [5.74, 6) is -0.922. The van der Waals surface area contributed by atoms with Crippen LogP contribution < -0.4 is 19.6 Å². The second-order valence-electron chi connectivity index (χ2n) is 10.5. The first-order valence-electron chi connectivity index (χ1n) is 13.7. The summed E-state index contributed by atoms with van der Waals surface area (Å²) in [6.45, 7) is 1.08. The summed E-state index contributed by atoms with van der Waals surface area (Å²) in [5, 5.41) is 71.7. The maximum Gasteiger partial charge on any atom is 0.239 e. The van der Waals surface area contributed by atoms with E-state index in [0.717, 1.165) is 12.1 Å². The van der Waals surface area contributed by atoms with Gasteiger partial charge in [-0.05, 0) is 25.1 Å². The Hall–Kier alpha value is -3.67. The molecule has 0 unspecified atom stereocenters. The molecule has 0 amide bonds. The Balaban J connectivity index is 1.47. The Bertz CT molecular complexity index is 1540. The van der Waals surface area contributed by atoms with Crippen LogP contribution >= 0.6 is 0 Å². The first-order valence-corrected chi connectivity index (χ1v) is 13.7. The third-order valence-electron chi connectivity index (χ3n) is 7.57. The number of aliphatic hydroxyl groups is 5. The molecular formula is C29H34O15. The highest BCUT2D eigenvalue weighted by molar-refractivity contribution is 5.88. The fraction of sp³-hybridized carbons (Fsp3) is 0.483. The van der Waals surface area contributed by atoms with Gasteiger partial charge in [0, 0.05) is 24.1 Å². The van der Waals surface area contributed by atoms with Gasteiger partial charge in [-0.3, -0.25) is 4.79 Å². The fourth-order valence-corrected chi connectivity index (χ4v) is 5.12. The minimum atomic E-state index is -1.60. The predicted molar refractivity (Wildman–Crippen MR) is 149 cm³/mol. The van der Waals surface area contributed by atoms with E-state index in [2.05, 4.69) is 0 Å². The highest BCUT2D eigenvalue weighted by Gasteiger charge is 2.44. The van der Waals surface area contributed by atoms with Crippen molar-refractivity contribution in [3.05, 3.63) is 40.6 Å². The van der Waals surface area contributed by atoms with Gasteiger partial charge < -0.3 is 68.6 Å². The molecule has 7 N–H and O–H groups in total. The molecule has 9 atom stereocenters. The van der Waals surface area contributed by atoms with Crippen LogP contribution in [0.2, 0.25) is 0 Å². The molecule has 0 spiro atoms. The normalized spacial score (nSPS) is 30.7. The van der Waals surface area contributed by atoms with Gasteiger partial charge >= 0.3 is 0 Å². The van der Waals surface area contributed by atoms with Crippen molar-refractivity contribution in [2.24, 2.45) is 0 Å². The van der Waals surface area contributed by atoms with Gasteiger partial charge in [0.1, 0.15) is 53.0 Å². The maximum absolute atomic E-state index is 13.7. The maximum atomic E-state index is 13.7. The molecule has 2 aliphatic rings. The molecule has 2 aliphatic heterocycles. The zero-order chi connectivity index (χ0) is 31.9. The minimum absolute atomic E-state index is 0.163. The summed E-state index contributed by atoms with van der Waals surface area (Å²) in [6, 6.07) is 6.68. The number of aromatic hydroxyl groups is 2. The number of benzene rings is 2. The molecule has 240 valence electrons. The van der Waals surface area contributed by atoms with Crippen LogP contribution in [0.3, 0.4) is 0 Å². The van der Waals surface area contributed by atoms with Crippen LogP contribution in [0.1, 0.15) is 13.3 Å². The fourth-order valence-electron chi connectivity index (χ4n) is 5.12. The average Bonchev–Trinajstić information content (AvgIpc) is 2.99. The molecule has 2 saturated heterocycles. The number of fused-ring (bicyclic) bond motifs is 1. The van der Waals surface area contributed by atoms with Gasteiger partial charge in [0.25, 0.3) is 0 Å². The molecule has 2 fully saturated rings. The number of rotatable bonds is 8. The summed E-state index contributed by atoms with van der Waals surface area (Å²) in [7, 11) is 2.85. The smallest absolute Gasteiger partial charge is 0.239 e. The monoisotopic (exact) mass is 622 g/mol. The highest BCUT2D eigenvalue weighted by Crippen LogP contribution is 2.40. The lowest BCUT2D eigenvalue weighted by Crippen LogP contribution is -2.58. The van der Waals surface area contributed by atoms with E-state index in [9.17, 15) is 40.5 Å². The first-order chi connectivity index (χ1) is 20.9. The van der Waals surface area contributed by atoms with Gasteiger partial charge in [-0.15, -0.1) is 0 Å². The summed E-state index contributed by atoms with van der Waals surface area (Å²) >= 11 is 0. The molecule has 5 rings (SSSR count). The number of hydrogen-bond acceptors (Lipinski definition) is 15. The molecule has 0 radical (unpaired) electrons. The van der Waals surface area contributed by atoms with Crippen LogP contribution in [0, 0.1) is 0 Å². The largest absolute Gasteiger partial charge is 0.508 e. The van der Waals surface area contributed by atoms with Crippen molar-refractivity contribution < 1.29 is 68.6 Å². The topological polar surface area (TPSA) is 227 Å². The van der Waals surface area contributed by atoms with Crippen LogP contribution in [-0.4, -0.2) is 112 Å². The SMILES string of the molecule is COc1ccc(-c2oc3cc(O)cc(O)c3c(=O)c2O[C@@H]2O[C@H](CO[C@@H]3O[C@@H](C)[C@H](O)[C@@H](O)[C@H]3O)[C@@H](O)C[C@H]2O)cc1OC. The van der Waals surface area contributed by atoms with Crippen molar-refractivity contribution in [1.82, 2.24) is 0 Å². The van der Waals surface area contributed by atoms with E-state index in [0.29, 0.717) is 5.75 Å². The number of phenolic OH excluding ortho intramolecular Hbond substituents is 2. The molecule has 15 heteroatoms. The lowest BCUT2D eigenvalue weighted by Gasteiger charge is -2.41. The van der Waals surface area contributed by atoms with E-state index in [-0.39, 0.29) is 40.2 Å². The third kappa shape index (κ3) is 6.00. The van der Waals surface area contributed by atoms with Crippen LogP contribution in [0.25, 0.3) is 22.3 Å². The number of methoxy groups -OCH3 is 2. The summed E-state index contributed by atoms with van der Waals surface area (Å²) in [5.41, 5.74) is -0.754. The molecule has 3 aromatic rings. The van der Waals surface area contributed by atoms with Gasteiger partial charge in [-0.1, -0.05) is 0 Å². The molecule has 0 aliphatic carbocycles. The van der Waals surface area contributed by atoms with Crippen LogP contribution in [-0.2, 0) is 14.2 Å². The van der Waals surface area contributed by atoms with E-state index in [1.165, 1.54) is 27.2 Å². The number of aliphatic hydroxyl groups excluding tert-OH is 5. The van der Waals surface area contributed by atoms with E-state index in [1.54, 1.807) is 12.1 Å². The van der Waals surface area contributed by atoms with Gasteiger partial charge in [-0.25, -0.2) is 0 Å². The number of hydrogen-bond donors (Lipinski definition) is 7. The van der Waals surface area contributed by atoms with E-state index >= 15 is 0 Å². The van der Waals surface area contributed by atoms with Crippen molar-refractivity contribution in [2.45, 2.75) is 68.7 Å². The quantitative estimate of drug-likeness (QED) is 0.175. The Morgan fingerprint density at radius 3 is 2.30 bits per heavy atom. The van der Waals surface area contributed by atoms with Crippen LogP contribution in [0.4, 0.5) is 0 Å². The van der Waals surface area contributed by atoms with Crippen molar-refractivity contribution in [3.63, 3.8) is 0 Å². The molecule has 44 heavy (non-hydrogen) atoms. The molecule has 0 bridgehead atoms. The molecule has 1 aromatic heterocycles. The predicted octanol–water partition coefficient (Wildman–Crippen LogP) is -0.0519. The van der Waals surface area contributed by atoms with Gasteiger partial charge in [0.15, 0.2) is 23.5 Å². The van der Waals surface area contributed by atoms with E-state index in [1.807, 2.05) is 0 Å². The summed E-state index contributed by atoms with van der Waals surface area (Å²) < 4.78 is 39.2. The molecule has 3 heterocycles. The minimum Gasteiger partial charge on any atom is -0.508 e.